The standard InChI is InChI=1S/C14H13FN2O2/c1-9-3-4-11(15)8-12(9)17-13-7-10(5-6-16-13)14(18)19-2/h3-8H,1-2H3,(H,16,17). The van der Waals surface area contributed by atoms with Crippen LogP contribution in [0.2, 0.25) is 0 Å². The van der Waals surface area contributed by atoms with Crippen LogP contribution in [0.3, 0.4) is 0 Å². The molecule has 2 aromatic rings. The molecule has 1 aromatic carbocycles. The maximum Gasteiger partial charge on any atom is 0.338 e. The number of aryl methyl sites for hydroxylation is 1. The molecule has 0 amide bonds. The molecule has 0 fully saturated rings. The van der Waals surface area contributed by atoms with Crippen LogP contribution < -0.4 is 5.32 Å². The lowest BCUT2D eigenvalue weighted by Crippen LogP contribution is -2.03. The van der Waals surface area contributed by atoms with E-state index >= 15 is 0 Å². The molecular weight excluding hydrogens is 247 g/mol. The summed E-state index contributed by atoms with van der Waals surface area (Å²) < 4.78 is 17.8. The van der Waals surface area contributed by atoms with Gasteiger partial charge in [-0.25, -0.2) is 14.2 Å². The van der Waals surface area contributed by atoms with E-state index in [1.165, 1.54) is 25.4 Å². The summed E-state index contributed by atoms with van der Waals surface area (Å²) in [6, 6.07) is 7.54. The van der Waals surface area contributed by atoms with E-state index in [9.17, 15) is 9.18 Å². The van der Waals surface area contributed by atoms with Crippen LogP contribution in [0.15, 0.2) is 36.5 Å². The van der Waals surface area contributed by atoms with Crippen LogP contribution in [-0.4, -0.2) is 18.1 Å². The Balaban J connectivity index is 2.28. The van der Waals surface area contributed by atoms with Crippen LogP contribution in [0.4, 0.5) is 15.9 Å². The van der Waals surface area contributed by atoms with E-state index < -0.39 is 5.97 Å². The zero-order valence-corrected chi connectivity index (χ0v) is 10.6. The minimum absolute atomic E-state index is 0.336. The molecule has 0 aliphatic rings. The van der Waals surface area contributed by atoms with Crippen molar-refractivity contribution < 1.29 is 13.9 Å². The number of ether oxygens (including phenoxy) is 1. The molecule has 19 heavy (non-hydrogen) atoms. The number of hydrogen-bond donors (Lipinski definition) is 1. The van der Waals surface area contributed by atoms with E-state index in [0.717, 1.165) is 5.56 Å². The SMILES string of the molecule is COC(=O)c1ccnc(Nc2cc(F)ccc2C)c1. The van der Waals surface area contributed by atoms with E-state index in [2.05, 4.69) is 15.0 Å². The van der Waals surface area contributed by atoms with Crippen molar-refractivity contribution in [1.29, 1.82) is 0 Å². The number of carbonyl (C=O) groups is 1. The topological polar surface area (TPSA) is 51.2 Å². The molecule has 0 aliphatic carbocycles. The first-order valence-corrected chi connectivity index (χ1v) is 5.67. The molecule has 2 rings (SSSR count). The van der Waals surface area contributed by atoms with E-state index in [1.54, 1.807) is 18.2 Å². The minimum atomic E-state index is -0.443. The molecule has 0 atom stereocenters. The molecule has 0 unspecified atom stereocenters. The molecule has 0 saturated carbocycles. The van der Waals surface area contributed by atoms with Crippen LogP contribution >= 0.6 is 0 Å². The molecule has 1 aromatic heterocycles. The molecule has 0 bridgehead atoms. The van der Waals surface area contributed by atoms with Crippen molar-refractivity contribution in [3.05, 3.63) is 53.5 Å². The number of anilines is 2. The third-order valence-electron chi connectivity index (χ3n) is 2.64. The van der Waals surface area contributed by atoms with Crippen LogP contribution in [0.25, 0.3) is 0 Å². The first kappa shape index (κ1) is 13.0. The summed E-state index contributed by atoms with van der Waals surface area (Å²) in [7, 11) is 1.31. The van der Waals surface area contributed by atoms with Gasteiger partial charge < -0.3 is 10.1 Å². The normalized spacial score (nSPS) is 10.1. The summed E-state index contributed by atoms with van der Waals surface area (Å²) in [6.45, 7) is 1.85. The lowest BCUT2D eigenvalue weighted by molar-refractivity contribution is 0.0600. The van der Waals surface area contributed by atoms with Crippen molar-refractivity contribution >= 4 is 17.5 Å². The van der Waals surface area contributed by atoms with Gasteiger partial charge in [-0.1, -0.05) is 6.07 Å². The fraction of sp³-hybridized carbons (Fsp3) is 0.143. The van der Waals surface area contributed by atoms with Gasteiger partial charge in [0.2, 0.25) is 0 Å². The van der Waals surface area contributed by atoms with Crippen molar-refractivity contribution in [1.82, 2.24) is 4.98 Å². The number of nitrogens with one attached hydrogen (secondary N) is 1. The van der Waals surface area contributed by atoms with Crippen LogP contribution in [0, 0.1) is 12.7 Å². The average molecular weight is 260 g/mol. The van der Waals surface area contributed by atoms with Crippen molar-refractivity contribution in [2.45, 2.75) is 6.92 Å². The van der Waals surface area contributed by atoms with Gasteiger partial charge in [-0.3, -0.25) is 0 Å². The summed E-state index contributed by atoms with van der Waals surface area (Å²) in [6.07, 6.45) is 1.49. The minimum Gasteiger partial charge on any atom is -0.465 e. The highest BCUT2D eigenvalue weighted by Crippen LogP contribution is 2.20. The summed E-state index contributed by atoms with van der Waals surface area (Å²) in [5, 5.41) is 2.97. The average Bonchev–Trinajstić information content (AvgIpc) is 2.42. The Morgan fingerprint density at radius 1 is 1.32 bits per heavy atom. The molecular formula is C14H13FN2O2. The number of methoxy groups -OCH3 is 1. The predicted octanol–water partition coefficient (Wildman–Crippen LogP) is 3.06. The number of hydrogen-bond acceptors (Lipinski definition) is 4. The number of carbonyl (C=O) groups excluding carboxylic acids is 1. The molecule has 1 N–H and O–H groups in total. The predicted molar refractivity (Wildman–Crippen MR) is 70.0 cm³/mol. The fourth-order valence-electron chi connectivity index (χ4n) is 1.61. The quantitative estimate of drug-likeness (QED) is 0.862. The Morgan fingerprint density at radius 2 is 2.11 bits per heavy atom. The maximum atomic E-state index is 13.2. The zero-order valence-electron chi connectivity index (χ0n) is 10.6. The van der Waals surface area contributed by atoms with E-state index in [-0.39, 0.29) is 5.82 Å². The third kappa shape index (κ3) is 3.07. The number of benzene rings is 1. The highest BCUT2D eigenvalue weighted by molar-refractivity contribution is 5.90. The van der Waals surface area contributed by atoms with E-state index in [0.29, 0.717) is 17.1 Å². The smallest absolute Gasteiger partial charge is 0.338 e. The maximum absolute atomic E-state index is 13.2. The Kier molecular flexibility index (Phi) is 3.75. The van der Waals surface area contributed by atoms with Crippen molar-refractivity contribution in [2.24, 2.45) is 0 Å². The number of nitrogens with zero attached hydrogens (tertiary/aromatic N) is 1. The van der Waals surface area contributed by atoms with Crippen LogP contribution in [0.1, 0.15) is 15.9 Å². The Bertz CT molecular complexity index is 614. The van der Waals surface area contributed by atoms with Gasteiger partial charge in [-0.05, 0) is 36.8 Å². The number of rotatable bonds is 3. The van der Waals surface area contributed by atoms with Crippen molar-refractivity contribution in [3.63, 3.8) is 0 Å². The van der Waals surface area contributed by atoms with Gasteiger partial charge in [0.25, 0.3) is 0 Å². The number of halogens is 1. The second kappa shape index (κ2) is 5.48. The number of pyridine rings is 1. The lowest BCUT2D eigenvalue weighted by Gasteiger charge is -2.09. The van der Waals surface area contributed by atoms with Gasteiger partial charge in [0, 0.05) is 11.9 Å². The first-order valence-electron chi connectivity index (χ1n) is 5.67. The number of aromatic nitrogens is 1. The highest BCUT2D eigenvalue weighted by atomic mass is 19.1. The Labute approximate surface area is 110 Å². The molecule has 4 nitrogen and oxygen atoms in total. The van der Waals surface area contributed by atoms with Gasteiger partial charge in [0.15, 0.2) is 0 Å². The molecule has 0 spiro atoms. The van der Waals surface area contributed by atoms with Gasteiger partial charge in [-0.2, -0.15) is 0 Å². The summed E-state index contributed by atoms with van der Waals surface area (Å²) in [5.41, 5.74) is 1.87. The molecule has 98 valence electrons. The van der Waals surface area contributed by atoms with E-state index in [1.807, 2.05) is 6.92 Å². The largest absolute Gasteiger partial charge is 0.465 e. The monoisotopic (exact) mass is 260 g/mol. The van der Waals surface area contributed by atoms with Crippen molar-refractivity contribution in [3.8, 4) is 0 Å². The Hall–Kier alpha value is -2.43. The second-order valence-electron chi connectivity index (χ2n) is 4.01. The van der Waals surface area contributed by atoms with Gasteiger partial charge in [0.05, 0.1) is 12.7 Å². The zero-order chi connectivity index (χ0) is 13.8. The lowest BCUT2D eigenvalue weighted by atomic mass is 10.2. The molecule has 1 heterocycles. The fourth-order valence-corrected chi connectivity index (χ4v) is 1.61. The summed E-state index contributed by atoms with van der Waals surface area (Å²) in [4.78, 5) is 15.5. The van der Waals surface area contributed by atoms with E-state index in [4.69, 9.17) is 0 Å². The van der Waals surface area contributed by atoms with Gasteiger partial charge in [0.1, 0.15) is 11.6 Å². The molecule has 5 heteroatoms. The van der Waals surface area contributed by atoms with Crippen LogP contribution in [0.5, 0.6) is 0 Å². The summed E-state index contributed by atoms with van der Waals surface area (Å²) >= 11 is 0. The van der Waals surface area contributed by atoms with Crippen LogP contribution in [-0.2, 0) is 4.74 Å². The second-order valence-corrected chi connectivity index (χ2v) is 4.01. The van der Waals surface area contributed by atoms with Gasteiger partial charge >= 0.3 is 5.97 Å². The molecule has 0 radical (unpaired) electrons. The highest BCUT2D eigenvalue weighted by Gasteiger charge is 2.07. The van der Waals surface area contributed by atoms with Gasteiger partial charge in [-0.15, -0.1) is 0 Å². The molecule has 0 aliphatic heterocycles. The molecule has 0 saturated heterocycles. The Morgan fingerprint density at radius 3 is 2.84 bits per heavy atom. The third-order valence-corrected chi connectivity index (χ3v) is 2.64. The van der Waals surface area contributed by atoms with Crippen molar-refractivity contribution in [2.75, 3.05) is 12.4 Å². The summed E-state index contributed by atoms with van der Waals surface area (Å²) in [5.74, 6) is -0.324. The first-order chi connectivity index (χ1) is 9.10. The number of esters is 1.